The Labute approximate surface area is 189 Å². The fourth-order valence-corrected chi connectivity index (χ4v) is 3.88. The van der Waals surface area contributed by atoms with Gasteiger partial charge in [-0.3, -0.25) is 19.5 Å². The van der Waals surface area contributed by atoms with Gasteiger partial charge in [0, 0.05) is 25.2 Å². The topological polar surface area (TPSA) is 105 Å². The molecule has 2 aromatic heterocycles. The normalized spacial score (nSPS) is 11.4. The molecule has 0 bridgehead atoms. The van der Waals surface area contributed by atoms with Crippen molar-refractivity contribution in [2.45, 2.75) is 40.3 Å². The van der Waals surface area contributed by atoms with Gasteiger partial charge in [-0.15, -0.1) is 0 Å². The Kier molecular flexibility index (Phi) is 5.95. The maximum absolute atomic E-state index is 13.5. The molecule has 0 atom stereocenters. The van der Waals surface area contributed by atoms with Crippen molar-refractivity contribution in [1.82, 2.24) is 18.7 Å². The van der Waals surface area contributed by atoms with Crippen LogP contribution in [0.2, 0.25) is 0 Å². The smallest absolute Gasteiger partial charge is 0.320 e. The molecule has 0 amide bonds. The number of non-ortho nitro benzene ring substituents is 1. The molecule has 0 fully saturated rings. The highest BCUT2D eigenvalue weighted by molar-refractivity contribution is 5.73. The van der Waals surface area contributed by atoms with E-state index in [1.165, 1.54) is 27.6 Å². The van der Waals surface area contributed by atoms with Crippen molar-refractivity contribution in [3.05, 3.63) is 96.9 Å². The van der Waals surface area contributed by atoms with E-state index in [9.17, 15) is 19.7 Å². The Bertz CT molecular complexity index is 1460. The molecule has 0 saturated heterocycles. The van der Waals surface area contributed by atoms with Crippen LogP contribution in [0.15, 0.2) is 64.4 Å². The molecule has 0 spiro atoms. The standard InChI is InChI=1S/C24H25N5O4/c1-16(2)11-12-27-23(30)21-22(28(24(27)31)20-10-5-4-7-17(20)3)25-15-26(21)14-18-8-6-9-19(13-18)29(32)33/h4-10,13,15-16H,11-12,14H2,1-3H3. The van der Waals surface area contributed by atoms with Gasteiger partial charge in [-0.2, -0.15) is 0 Å². The summed E-state index contributed by atoms with van der Waals surface area (Å²) >= 11 is 0. The van der Waals surface area contributed by atoms with Crippen LogP contribution in [0.5, 0.6) is 0 Å². The number of nitro groups is 1. The summed E-state index contributed by atoms with van der Waals surface area (Å²) in [6, 6.07) is 13.7. The molecular formula is C24H25N5O4. The quantitative estimate of drug-likeness (QED) is 0.318. The fraction of sp³-hybridized carbons (Fsp3) is 0.292. The average molecular weight is 447 g/mol. The third-order valence-corrected chi connectivity index (χ3v) is 5.66. The van der Waals surface area contributed by atoms with Crippen molar-refractivity contribution in [1.29, 1.82) is 0 Å². The highest BCUT2D eigenvalue weighted by Crippen LogP contribution is 2.19. The van der Waals surface area contributed by atoms with E-state index in [4.69, 9.17) is 0 Å². The third kappa shape index (κ3) is 4.21. The first kappa shape index (κ1) is 22.2. The van der Waals surface area contributed by atoms with Crippen molar-refractivity contribution >= 4 is 16.9 Å². The zero-order chi connectivity index (χ0) is 23.7. The van der Waals surface area contributed by atoms with Gasteiger partial charge in [0.25, 0.3) is 11.2 Å². The minimum absolute atomic E-state index is 0.0249. The van der Waals surface area contributed by atoms with Crippen molar-refractivity contribution in [2.75, 3.05) is 0 Å². The van der Waals surface area contributed by atoms with E-state index < -0.39 is 16.2 Å². The molecule has 4 aromatic rings. The lowest BCUT2D eigenvalue weighted by atomic mass is 10.1. The number of nitro benzene ring substituents is 1. The molecule has 0 unspecified atom stereocenters. The summed E-state index contributed by atoms with van der Waals surface area (Å²) in [5, 5.41) is 11.2. The summed E-state index contributed by atoms with van der Waals surface area (Å²) < 4.78 is 4.40. The third-order valence-electron chi connectivity index (χ3n) is 5.66. The van der Waals surface area contributed by atoms with Crippen LogP contribution in [-0.4, -0.2) is 23.6 Å². The number of hydrogen-bond acceptors (Lipinski definition) is 5. The van der Waals surface area contributed by atoms with Gasteiger partial charge in [0.15, 0.2) is 11.2 Å². The number of aryl methyl sites for hydroxylation is 1. The summed E-state index contributed by atoms with van der Waals surface area (Å²) in [5.41, 5.74) is 1.88. The molecule has 33 heavy (non-hydrogen) atoms. The first-order valence-electron chi connectivity index (χ1n) is 10.8. The minimum Gasteiger partial charge on any atom is -0.320 e. The van der Waals surface area contributed by atoms with Crippen LogP contribution in [0, 0.1) is 23.0 Å². The maximum Gasteiger partial charge on any atom is 0.337 e. The highest BCUT2D eigenvalue weighted by Gasteiger charge is 2.20. The van der Waals surface area contributed by atoms with Crippen LogP contribution in [0.3, 0.4) is 0 Å². The summed E-state index contributed by atoms with van der Waals surface area (Å²) in [6.45, 7) is 6.48. The first-order valence-corrected chi connectivity index (χ1v) is 10.8. The lowest BCUT2D eigenvalue weighted by Gasteiger charge is -2.15. The summed E-state index contributed by atoms with van der Waals surface area (Å²) in [4.78, 5) is 42.0. The number of nitrogens with zero attached hydrogens (tertiary/aromatic N) is 5. The lowest BCUT2D eigenvalue weighted by molar-refractivity contribution is -0.384. The Balaban J connectivity index is 1.95. The van der Waals surface area contributed by atoms with Crippen LogP contribution >= 0.6 is 0 Å². The second-order valence-electron chi connectivity index (χ2n) is 8.52. The summed E-state index contributed by atoms with van der Waals surface area (Å²) in [5.74, 6) is 0.314. The molecule has 0 N–H and O–H groups in total. The van der Waals surface area contributed by atoms with Gasteiger partial charge >= 0.3 is 5.69 Å². The second-order valence-corrected chi connectivity index (χ2v) is 8.52. The Morgan fingerprint density at radius 3 is 2.55 bits per heavy atom. The number of hydrogen-bond donors (Lipinski definition) is 0. The van der Waals surface area contributed by atoms with Gasteiger partial charge in [-0.05, 0) is 36.5 Å². The van der Waals surface area contributed by atoms with Gasteiger partial charge in [0.2, 0.25) is 0 Å². The number of fused-ring (bicyclic) bond motifs is 1. The van der Waals surface area contributed by atoms with Crippen LogP contribution in [0.4, 0.5) is 5.69 Å². The summed E-state index contributed by atoms with van der Waals surface area (Å²) in [7, 11) is 0. The molecule has 9 nitrogen and oxygen atoms in total. The van der Waals surface area contributed by atoms with E-state index in [2.05, 4.69) is 4.98 Å². The van der Waals surface area contributed by atoms with Crippen LogP contribution in [0.25, 0.3) is 16.9 Å². The molecule has 9 heteroatoms. The Morgan fingerprint density at radius 2 is 1.85 bits per heavy atom. The SMILES string of the molecule is Cc1ccccc1-n1c(=O)n(CCC(C)C)c(=O)c2c1ncn2Cc1cccc([N+](=O)[O-])c1. The molecule has 0 aliphatic rings. The highest BCUT2D eigenvalue weighted by atomic mass is 16.6. The van der Waals surface area contributed by atoms with Crippen LogP contribution in [0.1, 0.15) is 31.4 Å². The molecule has 0 aliphatic carbocycles. The zero-order valence-corrected chi connectivity index (χ0v) is 18.8. The second kappa shape index (κ2) is 8.85. The number of para-hydroxylation sites is 1. The molecule has 0 radical (unpaired) electrons. The number of rotatable bonds is 7. The zero-order valence-electron chi connectivity index (χ0n) is 18.8. The van der Waals surface area contributed by atoms with Crippen molar-refractivity contribution in [3.63, 3.8) is 0 Å². The monoisotopic (exact) mass is 447 g/mol. The van der Waals surface area contributed by atoms with E-state index in [1.807, 2.05) is 45.0 Å². The average Bonchev–Trinajstić information content (AvgIpc) is 3.18. The first-order chi connectivity index (χ1) is 15.8. The molecule has 0 aliphatic heterocycles. The predicted molar refractivity (Wildman–Crippen MR) is 126 cm³/mol. The molecular weight excluding hydrogens is 422 g/mol. The Hall–Kier alpha value is -4.01. The molecule has 2 heterocycles. The van der Waals surface area contributed by atoms with E-state index in [-0.39, 0.29) is 23.4 Å². The van der Waals surface area contributed by atoms with E-state index in [0.717, 1.165) is 5.56 Å². The van der Waals surface area contributed by atoms with Crippen LogP contribution < -0.4 is 11.2 Å². The van der Waals surface area contributed by atoms with Gasteiger partial charge in [-0.1, -0.05) is 44.2 Å². The summed E-state index contributed by atoms with van der Waals surface area (Å²) in [6.07, 6.45) is 2.18. The largest absolute Gasteiger partial charge is 0.337 e. The molecule has 4 rings (SSSR count). The fourth-order valence-electron chi connectivity index (χ4n) is 3.88. The van der Waals surface area contributed by atoms with Crippen LogP contribution in [-0.2, 0) is 13.1 Å². The van der Waals surface area contributed by atoms with Gasteiger partial charge in [0.1, 0.15) is 0 Å². The minimum atomic E-state index is -0.454. The van der Waals surface area contributed by atoms with Gasteiger partial charge in [0.05, 0.1) is 16.9 Å². The lowest BCUT2D eigenvalue weighted by Crippen LogP contribution is -2.40. The molecule has 2 aromatic carbocycles. The number of aromatic nitrogens is 4. The van der Waals surface area contributed by atoms with E-state index in [1.54, 1.807) is 16.7 Å². The van der Waals surface area contributed by atoms with Gasteiger partial charge in [-0.25, -0.2) is 14.3 Å². The van der Waals surface area contributed by atoms with E-state index in [0.29, 0.717) is 30.1 Å². The number of imidazole rings is 1. The number of benzene rings is 2. The Morgan fingerprint density at radius 1 is 1.09 bits per heavy atom. The predicted octanol–water partition coefficient (Wildman–Crippen LogP) is 3.66. The molecule has 0 saturated carbocycles. The molecule has 170 valence electrons. The van der Waals surface area contributed by atoms with E-state index >= 15 is 0 Å². The van der Waals surface area contributed by atoms with Crippen molar-refractivity contribution in [3.8, 4) is 5.69 Å². The van der Waals surface area contributed by atoms with Gasteiger partial charge < -0.3 is 4.57 Å². The van der Waals surface area contributed by atoms with Crippen molar-refractivity contribution in [2.24, 2.45) is 5.92 Å². The maximum atomic E-state index is 13.5. The van der Waals surface area contributed by atoms with Crippen molar-refractivity contribution < 1.29 is 4.92 Å².